The van der Waals surface area contributed by atoms with E-state index in [1.165, 1.54) is 23.9 Å². The van der Waals surface area contributed by atoms with Gasteiger partial charge in [0.1, 0.15) is 11.6 Å². The zero-order valence-electron chi connectivity index (χ0n) is 15.5. The number of hydrogen-bond acceptors (Lipinski definition) is 4. The number of nitrogens with zero attached hydrogens (tertiary/aromatic N) is 1. The number of nitrogens with one attached hydrogen (secondary N) is 1. The summed E-state index contributed by atoms with van der Waals surface area (Å²) in [6.07, 6.45) is 1.33. The maximum absolute atomic E-state index is 12.9. The molecule has 1 N–H and O–H groups in total. The predicted octanol–water partition coefficient (Wildman–Crippen LogP) is 3.95. The number of likely N-dealkylation sites (tertiary alicyclic amines) is 1. The molecule has 5 nitrogen and oxygen atoms in total. The van der Waals surface area contributed by atoms with Gasteiger partial charge in [-0.15, -0.1) is 11.8 Å². The van der Waals surface area contributed by atoms with Crippen molar-refractivity contribution in [1.29, 1.82) is 0 Å². The van der Waals surface area contributed by atoms with Crippen molar-refractivity contribution >= 4 is 23.8 Å². The van der Waals surface area contributed by atoms with Gasteiger partial charge >= 0.3 is 6.09 Å². The van der Waals surface area contributed by atoms with Crippen molar-refractivity contribution in [1.82, 2.24) is 10.2 Å². The molecule has 7 heteroatoms. The Hall–Kier alpha value is -2.54. The molecular formula is C21H23FN2O3S. The van der Waals surface area contributed by atoms with Crippen LogP contribution in [0, 0.1) is 11.7 Å². The number of amides is 2. The van der Waals surface area contributed by atoms with Gasteiger partial charge in [-0.3, -0.25) is 4.79 Å². The summed E-state index contributed by atoms with van der Waals surface area (Å²) in [6.45, 7) is 1.84. The normalized spacial score (nSPS) is 14.5. The standard InChI is InChI=1S/C21H23FN2O3S/c22-17-6-8-19(9-7-17)28-15-20(25)23-14-16-10-12-24(13-11-16)21(26)27-18-4-2-1-3-5-18/h1-9,16H,10-15H2,(H,23,25). The summed E-state index contributed by atoms with van der Waals surface area (Å²) < 4.78 is 18.2. The fraction of sp³-hybridized carbons (Fsp3) is 0.333. The molecule has 1 aliphatic heterocycles. The first-order valence-electron chi connectivity index (χ1n) is 9.27. The van der Waals surface area contributed by atoms with Crippen molar-refractivity contribution in [2.24, 2.45) is 5.92 Å². The third-order valence-corrected chi connectivity index (χ3v) is 5.60. The van der Waals surface area contributed by atoms with Gasteiger partial charge in [0.25, 0.3) is 0 Å². The summed E-state index contributed by atoms with van der Waals surface area (Å²) in [7, 11) is 0. The second-order valence-corrected chi connectivity index (χ2v) is 7.71. The average Bonchev–Trinajstić information content (AvgIpc) is 2.73. The Bertz CT molecular complexity index is 778. The molecule has 1 heterocycles. The van der Waals surface area contributed by atoms with E-state index in [-0.39, 0.29) is 17.8 Å². The molecule has 1 saturated heterocycles. The molecule has 0 radical (unpaired) electrons. The van der Waals surface area contributed by atoms with Gasteiger partial charge in [-0.1, -0.05) is 18.2 Å². The fourth-order valence-corrected chi connectivity index (χ4v) is 3.69. The van der Waals surface area contributed by atoms with E-state index in [4.69, 9.17) is 4.74 Å². The number of carbonyl (C=O) groups excluding carboxylic acids is 2. The highest BCUT2D eigenvalue weighted by atomic mass is 32.2. The van der Waals surface area contributed by atoms with E-state index in [0.29, 0.717) is 37.1 Å². The largest absolute Gasteiger partial charge is 0.415 e. The van der Waals surface area contributed by atoms with Crippen LogP contribution >= 0.6 is 11.8 Å². The Morgan fingerprint density at radius 1 is 1.07 bits per heavy atom. The van der Waals surface area contributed by atoms with Crippen molar-refractivity contribution in [3.8, 4) is 5.75 Å². The summed E-state index contributed by atoms with van der Waals surface area (Å²) in [5.41, 5.74) is 0. The monoisotopic (exact) mass is 402 g/mol. The number of para-hydroxylation sites is 1. The highest BCUT2D eigenvalue weighted by molar-refractivity contribution is 8.00. The van der Waals surface area contributed by atoms with Crippen molar-refractivity contribution < 1.29 is 18.7 Å². The van der Waals surface area contributed by atoms with Crippen LogP contribution in [0.4, 0.5) is 9.18 Å². The molecule has 2 aromatic carbocycles. The Morgan fingerprint density at radius 2 is 1.75 bits per heavy atom. The molecular weight excluding hydrogens is 379 g/mol. The predicted molar refractivity (Wildman–Crippen MR) is 107 cm³/mol. The second kappa shape index (κ2) is 10.1. The van der Waals surface area contributed by atoms with Crippen LogP contribution in [0.15, 0.2) is 59.5 Å². The fourth-order valence-electron chi connectivity index (χ4n) is 2.96. The van der Waals surface area contributed by atoms with E-state index in [1.807, 2.05) is 18.2 Å². The lowest BCUT2D eigenvalue weighted by Crippen LogP contribution is -2.42. The molecule has 0 bridgehead atoms. The molecule has 2 amide bonds. The number of halogens is 1. The summed E-state index contributed by atoms with van der Waals surface area (Å²) in [6, 6.07) is 15.1. The van der Waals surface area contributed by atoms with Crippen LogP contribution in [0.25, 0.3) is 0 Å². The van der Waals surface area contributed by atoms with Crippen LogP contribution in [-0.2, 0) is 4.79 Å². The lowest BCUT2D eigenvalue weighted by molar-refractivity contribution is -0.118. The molecule has 0 aromatic heterocycles. The van der Waals surface area contributed by atoms with E-state index in [0.717, 1.165) is 17.7 Å². The van der Waals surface area contributed by atoms with Crippen LogP contribution in [-0.4, -0.2) is 42.3 Å². The summed E-state index contributed by atoms with van der Waals surface area (Å²) in [5.74, 6) is 0.863. The van der Waals surface area contributed by atoms with Crippen LogP contribution in [0.2, 0.25) is 0 Å². The van der Waals surface area contributed by atoms with Crippen molar-refractivity contribution in [3.05, 3.63) is 60.4 Å². The molecule has 3 rings (SSSR count). The van der Waals surface area contributed by atoms with Gasteiger partial charge in [0, 0.05) is 24.5 Å². The number of thioether (sulfide) groups is 1. The van der Waals surface area contributed by atoms with Crippen LogP contribution in [0.5, 0.6) is 5.75 Å². The maximum atomic E-state index is 12.9. The molecule has 148 valence electrons. The molecule has 1 fully saturated rings. The highest BCUT2D eigenvalue weighted by Crippen LogP contribution is 2.20. The zero-order chi connectivity index (χ0) is 19.8. The number of benzene rings is 2. The third kappa shape index (κ3) is 6.27. The minimum atomic E-state index is -0.329. The molecule has 28 heavy (non-hydrogen) atoms. The Kier molecular flexibility index (Phi) is 7.31. The third-order valence-electron chi connectivity index (χ3n) is 4.59. The first-order chi connectivity index (χ1) is 13.6. The van der Waals surface area contributed by atoms with Gasteiger partial charge in [-0.05, 0) is 55.2 Å². The van der Waals surface area contributed by atoms with Gasteiger partial charge in [0.15, 0.2) is 0 Å². The molecule has 0 atom stereocenters. The molecule has 1 aliphatic rings. The van der Waals surface area contributed by atoms with Crippen molar-refractivity contribution in [3.63, 3.8) is 0 Å². The van der Waals surface area contributed by atoms with E-state index in [1.54, 1.807) is 29.2 Å². The van der Waals surface area contributed by atoms with Gasteiger partial charge in [0.2, 0.25) is 5.91 Å². The quantitative estimate of drug-likeness (QED) is 0.744. The van der Waals surface area contributed by atoms with Crippen molar-refractivity contribution in [2.45, 2.75) is 17.7 Å². The van der Waals surface area contributed by atoms with E-state index in [2.05, 4.69) is 5.32 Å². The number of rotatable bonds is 6. The number of ether oxygens (including phenoxy) is 1. The number of hydrogen-bond donors (Lipinski definition) is 1. The highest BCUT2D eigenvalue weighted by Gasteiger charge is 2.24. The smallest absolute Gasteiger partial charge is 0.410 e. The van der Waals surface area contributed by atoms with E-state index >= 15 is 0 Å². The van der Waals surface area contributed by atoms with Crippen LogP contribution in [0.1, 0.15) is 12.8 Å². The van der Waals surface area contributed by atoms with Gasteiger partial charge in [0.05, 0.1) is 5.75 Å². The SMILES string of the molecule is O=C(CSc1ccc(F)cc1)NCC1CCN(C(=O)Oc2ccccc2)CC1. The topological polar surface area (TPSA) is 58.6 Å². The minimum Gasteiger partial charge on any atom is -0.410 e. The average molecular weight is 402 g/mol. The molecule has 0 unspecified atom stereocenters. The first kappa shape index (κ1) is 20.2. The van der Waals surface area contributed by atoms with Crippen molar-refractivity contribution in [2.75, 3.05) is 25.4 Å². The maximum Gasteiger partial charge on any atom is 0.415 e. The Labute approximate surface area is 168 Å². The molecule has 0 saturated carbocycles. The summed E-state index contributed by atoms with van der Waals surface area (Å²) >= 11 is 1.38. The Morgan fingerprint density at radius 3 is 2.43 bits per heavy atom. The lowest BCUT2D eigenvalue weighted by atomic mass is 9.97. The number of piperidine rings is 1. The summed E-state index contributed by atoms with van der Waals surface area (Å²) in [4.78, 5) is 26.8. The number of carbonyl (C=O) groups is 2. The first-order valence-corrected chi connectivity index (χ1v) is 10.3. The minimum absolute atomic E-state index is 0.0414. The molecule has 0 spiro atoms. The van der Waals surface area contributed by atoms with Gasteiger partial charge < -0.3 is 15.0 Å². The second-order valence-electron chi connectivity index (χ2n) is 6.66. The zero-order valence-corrected chi connectivity index (χ0v) is 16.3. The van der Waals surface area contributed by atoms with Gasteiger partial charge in [-0.2, -0.15) is 0 Å². The molecule has 2 aromatic rings. The van der Waals surface area contributed by atoms with E-state index in [9.17, 15) is 14.0 Å². The molecule has 0 aliphatic carbocycles. The van der Waals surface area contributed by atoms with E-state index < -0.39 is 0 Å². The van der Waals surface area contributed by atoms with Crippen LogP contribution in [0.3, 0.4) is 0 Å². The lowest BCUT2D eigenvalue weighted by Gasteiger charge is -2.31. The Balaban J connectivity index is 1.33. The van der Waals surface area contributed by atoms with Crippen LogP contribution < -0.4 is 10.1 Å². The summed E-state index contributed by atoms with van der Waals surface area (Å²) in [5, 5.41) is 2.95. The van der Waals surface area contributed by atoms with Gasteiger partial charge in [-0.25, -0.2) is 9.18 Å².